The summed E-state index contributed by atoms with van der Waals surface area (Å²) < 4.78 is 48.3. The third-order valence-electron chi connectivity index (χ3n) is 7.96. The highest BCUT2D eigenvalue weighted by molar-refractivity contribution is 7.89. The van der Waals surface area contributed by atoms with E-state index in [0.29, 0.717) is 5.56 Å². The molecule has 15 heteroatoms. The van der Waals surface area contributed by atoms with Gasteiger partial charge in [0.1, 0.15) is 22.8 Å². The van der Waals surface area contributed by atoms with Crippen LogP contribution in [0.15, 0.2) is 69.6 Å². The van der Waals surface area contributed by atoms with Crippen molar-refractivity contribution in [2.24, 2.45) is 10.1 Å². The summed E-state index contributed by atoms with van der Waals surface area (Å²) in [5, 5.41) is 28.0. The Labute approximate surface area is 229 Å². The molecule has 1 saturated heterocycles. The second-order valence-electron chi connectivity index (χ2n) is 10.6. The normalized spacial score (nSPS) is 34.4. The fourth-order valence-electron chi connectivity index (χ4n) is 6.12. The third kappa shape index (κ3) is 3.89. The molecular formula is C25H28N6O8S. The quantitative estimate of drug-likeness (QED) is 0.173. The van der Waals surface area contributed by atoms with Crippen molar-refractivity contribution in [2.75, 3.05) is 6.61 Å². The van der Waals surface area contributed by atoms with E-state index < -0.39 is 66.2 Å². The van der Waals surface area contributed by atoms with Crippen molar-refractivity contribution in [3.63, 3.8) is 0 Å². The number of ether oxygens (including phenoxy) is 3. The van der Waals surface area contributed by atoms with Crippen LogP contribution in [-0.2, 0) is 24.2 Å². The van der Waals surface area contributed by atoms with Crippen molar-refractivity contribution in [1.82, 2.24) is 4.72 Å². The van der Waals surface area contributed by atoms with Crippen molar-refractivity contribution >= 4 is 21.6 Å². The van der Waals surface area contributed by atoms with Gasteiger partial charge in [-0.05, 0) is 51.4 Å². The molecule has 0 radical (unpaired) electrons. The fraction of sp³-hybridized carbons (Fsp3) is 0.480. The van der Waals surface area contributed by atoms with E-state index in [4.69, 9.17) is 19.2 Å². The predicted molar refractivity (Wildman–Crippen MR) is 141 cm³/mol. The molecule has 0 unspecified atom stereocenters. The molecule has 0 bridgehead atoms. The maximum Gasteiger partial charge on any atom is 0.289 e. The highest BCUT2D eigenvalue weighted by Crippen LogP contribution is 2.59. The molecule has 1 aliphatic carbocycles. The lowest BCUT2D eigenvalue weighted by Crippen LogP contribution is -2.67. The summed E-state index contributed by atoms with van der Waals surface area (Å²) in [6, 6.07) is 10.7. The summed E-state index contributed by atoms with van der Waals surface area (Å²) in [5.41, 5.74) is 3.82. The van der Waals surface area contributed by atoms with Crippen LogP contribution in [0.5, 0.6) is 0 Å². The van der Waals surface area contributed by atoms with Gasteiger partial charge < -0.3 is 19.3 Å². The molecule has 2 aromatic rings. The van der Waals surface area contributed by atoms with E-state index in [2.05, 4.69) is 14.7 Å². The smallest absolute Gasteiger partial charge is 0.289 e. The van der Waals surface area contributed by atoms with Gasteiger partial charge in [0.15, 0.2) is 10.7 Å². The van der Waals surface area contributed by atoms with Crippen LogP contribution in [0.2, 0.25) is 0 Å². The zero-order valence-corrected chi connectivity index (χ0v) is 22.9. The number of para-hydroxylation sites is 1. The number of aliphatic hydroxyl groups is 1. The number of hydrogen-bond donors (Lipinski definition) is 2. The molecule has 2 aromatic carbocycles. The molecule has 212 valence electrons. The van der Waals surface area contributed by atoms with Gasteiger partial charge in [-0.3, -0.25) is 10.1 Å². The first-order valence-corrected chi connectivity index (χ1v) is 13.9. The van der Waals surface area contributed by atoms with Crippen molar-refractivity contribution < 1.29 is 32.7 Å². The summed E-state index contributed by atoms with van der Waals surface area (Å²) >= 11 is 0. The summed E-state index contributed by atoms with van der Waals surface area (Å²) in [7, 11) is -4.67. The van der Waals surface area contributed by atoms with Crippen LogP contribution in [0, 0.1) is 10.1 Å². The van der Waals surface area contributed by atoms with Crippen LogP contribution >= 0.6 is 0 Å². The van der Waals surface area contributed by atoms with E-state index in [1.54, 1.807) is 51.1 Å². The van der Waals surface area contributed by atoms with Crippen molar-refractivity contribution in [1.29, 1.82) is 0 Å². The predicted octanol–water partition coefficient (Wildman–Crippen LogP) is 2.81. The molecule has 2 aliphatic heterocycles. The molecule has 2 N–H and O–H groups in total. The van der Waals surface area contributed by atoms with E-state index in [9.17, 15) is 29.2 Å². The Balaban J connectivity index is 1.76. The van der Waals surface area contributed by atoms with Gasteiger partial charge in [0.25, 0.3) is 5.69 Å². The number of nitro groups is 1. The van der Waals surface area contributed by atoms with Gasteiger partial charge in [0.2, 0.25) is 15.9 Å². The second-order valence-corrected chi connectivity index (χ2v) is 12.3. The van der Waals surface area contributed by atoms with Crippen molar-refractivity contribution in [3.05, 3.63) is 80.7 Å². The monoisotopic (exact) mass is 572 g/mol. The van der Waals surface area contributed by atoms with Gasteiger partial charge in [0.05, 0.1) is 23.6 Å². The Morgan fingerprint density at radius 3 is 2.42 bits per heavy atom. The topological polar surface area (TPSA) is 198 Å². The third-order valence-corrected chi connectivity index (χ3v) is 9.45. The first kappa shape index (κ1) is 28.0. The van der Waals surface area contributed by atoms with Crippen LogP contribution < -0.4 is 4.72 Å². The van der Waals surface area contributed by atoms with Crippen molar-refractivity contribution in [3.8, 4) is 0 Å². The summed E-state index contributed by atoms with van der Waals surface area (Å²) in [6.07, 6.45) is -0.987. The molecule has 2 heterocycles. The summed E-state index contributed by atoms with van der Waals surface area (Å²) in [6.45, 7) is 5.96. The van der Waals surface area contributed by atoms with Crippen LogP contribution in [-0.4, -0.2) is 71.7 Å². The van der Waals surface area contributed by atoms with Gasteiger partial charge in [-0.25, -0.2) is 18.1 Å². The van der Waals surface area contributed by atoms with E-state index in [1.165, 1.54) is 19.1 Å². The number of aliphatic imine (C=N–C) groups is 1. The van der Waals surface area contributed by atoms with Crippen LogP contribution in [0.4, 0.5) is 5.69 Å². The SMILES string of the molecule is C[C@@H]1OC(c2ccccc2)=N[C@]12[C@@H](NS(=O)(=O)c1ccccc1[N+](=O)[O-])[C@H](N=[N+]=[N-])[C@]1(COC(C)(C)O1)[C@@]2(C)O. The molecule has 0 aromatic heterocycles. The van der Waals surface area contributed by atoms with E-state index in [0.717, 1.165) is 12.1 Å². The number of nitrogens with one attached hydrogen (secondary N) is 1. The Morgan fingerprint density at radius 2 is 1.82 bits per heavy atom. The maximum atomic E-state index is 13.8. The molecule has 2 spiro atoms. The van der Waals surface area contributed by atoms with Gasteiger partial charge in [-0.2, -0.15) is 0 Å². The van der Waals surface area contributed by atoms with Gasteiger partial charge >= 0.3 is 0 Å². The van der Waals surface area contributed by atoms with E-state index in [-0.39, 0.29) is 12.5 Å². The molecule has 2 fully saturated rings. The highest BCUT2D eigenvalue weighted by Gasteiger charge is 2.81. The number of rotatable bonds is 6. The first-order chi connectivity index (χ1) is 18.7. The molecule has 0 amide bonds. The molecule has 3 aliphatic rings. The minimum Gasteiger partial charge on any atom is -0.472 e. The highest BCUT2D eigenvalue weighted by atomic mass is 32.2. The average molecular weight is 573 g/mol. The zero-order valence-electron chi connectivity index (χ0n) is 22.1. The van der Waals surface area contributed by atoms with E-state index >= 15 is 0 Å². The van der Waals surface area contributed by atoms with Gasteiger partial charge in [-0.1, -0.05) is 35.4 Å². The van der Waals surface area contributed by atoms with Crippen molar-refractivity contribution in [2.45, 2.75) is 73.3 Å². The minimum atomic E-state index is -4.67. The first-order valence-electron chi connectivity index (χ1n) is 12.4. The molecular weight excluding hydrogens is 544 g/mol. The molecule has 14 nitrogen and oxygen atoms in total. The van der Waals surface area contributed by atoms with Gasteiger partial charge in [-0.15, -0.1) is 0 Å². The lowest BCUT2D eigenvalue weighted by molar-refractivity contribution is -0.387. The van der Waals surface area contributed by atoms with Crippen LogP contribution in [0.1, 0.15) is 33.3 Å². The largest absolute Gasteiger partial charge is 0.472 e. The molecule has 5 rings (SSSR count). The van der Waals surface area contributed by atoms with Crippen LogP contribution in [0.25, 0.3) is 10.4 Å². The number of sulfonamides is 1. The minimum absolute atomic E-state index is 0.123. The molecule has 1 saturated carbocycles. The maximum absolute atomic E-state index is 13.8. The standard InChI is InChI=1S/C25H28N6O8S/c1-15-25(27-21(38-15)16-10-6-5-7-11-16)20(29-40(35,36)18-13-9-8-12-17(18)31(33)34)19(28-30-26)24(23(25,4)32)14-37-22(2,3)39-24/h5-13,15,19-20,29,32H,14H2,1-4H3/t15-,19-,20-,23+,24+,25-/m0/s1. The Kier molecular flexibility index (Phi) is 6.45. The number of nitro benzene ring substituents is 1. The number of azide groups is 1. The number of nitrogens with zero attached hydrogens (tertiary/aromatic N) is 5. The fourth-order valence-corrected chi connectivity index (χ4v) is 7.57. The summed E-state index contributed by atoms with van der Waals surface area (Å²) in [4.78, 5) is 18.0. The average Bonchev–Trinajstić information content (AvgIpc) is 3.48. The lowest BCUT2D eigenvalue weighted by atomic mass is 9.74. The van der Waals surface area contributed by atoms with Gasteiger partial charge in [0, 0.05) is 16.5 Å². The second kappa shape index (κ2) is 9.23. The zero-order chi connectivity index (χ0) is 29.1. The van der Waals surface area contributed by atoms with E-state index in [1.807, 2.05) is 0 Å². The molecule has 40 heavy (non-hydrogen) atoms. The Morgan fingerprint density at radius 1 is 1.18 bits per heavy atom. The Bertz CT molecular complexity index is 1540. The number of benzene rings is 2. The van der Waals surface area contributed by atoms with Crippen LogP contribution in [0.3, 0.4) is 0 Å². The Hall–Kier alpha value is -3.59. The lowest BCUT2D eigenvalue weighted by Gasteiger charge is -2.44. The summed E-state index contributed by atoms with van der Waals surface area (Å²) in [5.74, 6) is -1.12. The molecule has 6 atom stereocenters. The number of hydrogen-bond acceptors (Lipinski definition) is 10.